The molecule has 0 radical (unpaired) electrons. The van der Waals surface area contributed by atoms with Crippen molar-refractivity contribution in [2.24, 2.45) is 0 Å². The van der Waals surface area contributed by atoms with Gasteiger partial charge in [0, 0.05) is 10.6 Å². The van der Waals surface area contributed by atoms with Gasteiger partial charge in [-0.1, -0.05) is 17.7 Å². The third-order valence-electron chi connectivity index (χ3n) is 2.98. The van der Waals surface area contributed by atoms with Crippen molar-refractivity contribution in [1.82, 2.24) is 0 Å². The molecule has 1 amide bonds. The van der Waals surface area contributed by atoms with Crippen LogP contribution in [0.1, 0.15) is 26.3 Å². The van der Waals surface area contributed by atoms with Crippen molar-refractivity contribution in [3.63, 3.8) is 0 Å². The molecule has 0 bridgehead atoms. The zero-order valence-corrected chi connectivity index (χ0v) is 11.9. The minimum Gasteiger partial charge on any atom is -0.478 e. The molecule has 108 valence electrons. The fourth-order valence-electron chi connectivity index (χ4n) is 1.74. The summed E-state index contributed by atoms with van der Waals surface area (Å²) in [5.74, 6) is -1.45. The number of nitrogen functional groups attached to an aromatic ring is 1. The molecule has 6 heteroatoms. The maximum absolute atomic E-state index is 12.1. The van der Waals surface area contributed by atoms with Gasteiger partial charge in [0.05, 0.1) is 16.9 Å². The lowest BCUT2D eigenvalue weighted by Gasteiger charge is -2.09. The average molecular weight is 305 g/mol. The quantitative estimate of drug-likeness (QED) is 0.759. The number of halogens is 1. The number of hydrogen-bond acceptors (Lipinski definition) is 3. The first-order valence-corrected chi connectivity index (χ1v) is 6.46. The second kappa shape index (κ2) is 5.85. The number of carboxylic acids is 1. The van der Waals surface area contributed by atoms with Crippen molar-refractivity contribution in [2.45, 2.75) is 6.92 Å². The number of aromatic carboxylic acids is 1. The van der Waals surface area contributed by atoms with Crippen LogP contribution in [-0.2, 0) is 0 Å². The van der Waals surface area contributed by atoms with Crippen molar-refractivity contribution in [1.29, 1.82) is 0 Å². The molecule has 0 aliphatic heterocycles. The zero-order valence-electron chi connectivity index (χ0n) is 11.2. The number of carboxylic acid groups (broad SMARTS) is 1. The van der Waals surface area contributed by atoms with Gasteiger partial charge < -0.3 is 16.2 Å². The Bertz CT molecular complexity index is 729. The first-order valence-electron chi connectivity index (χ1n) is 6.09. The predicted molar refractivity (Wildman–Crippen MR) is 82.0 cm³/mol. The topological polar surface area (TPSA) is 92.4 Å². The SMILES string of the molecule is Cc1ccc(C(=O)Nc2ccc(C(=O)O)cc2N)cc1Cl. The van der Waals surface area contributed by atoms with Gasteiger partial charge in [-0.25, -0.2) is 4.79 Å². The third-order valence-corrected chi connectivity index (χ3v) is 3.39. The van der Waals surface area contributed by atoms with Gasteiger partial charge in [0.25, 0.3) is 5.91 Å². The van der Waals surface area contributed by atoms with Gasteiger partial charge in [-0.05, 0) is 42.8 Å². The van der Waals surface area contributed by atoms with Crippen LogP contribution in [0.3, 0.4) is 0 Å². The average Bonchev–Trinajstić information content (AvgIpc) is 2.43. The highest BCUT2D eigenvalue weighted by Crippen LogP contribution is 2.22. The van der Waals surface area contributed by atoms with E-state index in [1.165, 1.54) is 18.2 Å². The van der Waals surface area contributed by atoms with Crippen LogP contribution < -0.4 is 11.1 Å². The van der Waals surface area contributed by atoms with Crippen LogP contribution in [0.2, 0.25) is 5.02 Å². The molecule has 2 aromatic rings. The molecule has 0 saturated heterocycles. The first kappa shape index (κ1) is 14.9. The van der Waals surface area contributed by atoms with E-state index in [2.05, 4.69) is 5.32 Å². The molecule has 0 spiro atoms. The summed E-state index contributed by atoms with van der Waals surface area (Å²) < 4.78 is 0. The van der Waals surface area contributed by atoms with Crippen molar-refractivity contribution < 1.29 is 14.7 Å². The fourth-order valence-corrected chi connectivity index (χ4v) is 1.92. The van der Waals surface area contributed by atoms with E-state index in [0.29, 0.717) is 16.3 Å². The van der Waals surface area contributed by atoms with Crippen LogP contribution in [0.15, 0.2) is 36.4 Å². The monoisotopic (exact) mass is 304 g/mol. The van der Waals surface area contributed by atoms with E-state index in [1.54, 1.807) is 18.2 Å². The Kier molecular flexibility index (Phi) is 4.14. The Labute approximate surface area is 126 Å². The van der Waals surface area contributed by atoms with Crippen LogP contribution in [0.5, 0.6) is 0 Å². The highest BCUT2D eigenvalue weighted by molar-refractivity contribution is 6.31. The number of nitrogens with one attached hydrogen (secondary N) is 1. The molecule has 0 atom stereocenters. The second-order valence-electron chi connectivity index (χ2n) is 4.53. The Hall–Kier alpha value is -2.53. The molecule has 0 heterocycles. The summed E-state index contributed by atoms with van der Waals surface area (Å²) in [7, 11) is 0. The highest BCUT2D eigenvalue weighted by Gasteiger charge is 2.11. The molecule has 0 fully saturated rings. The maximum atomic E-state index is 12.1. The summed E-state index contributed by atoms with van der Waals surface area (Å²) in [4.78, 5) is 22.9. The zero-order chi connectivity index (χ0) is 15.6. The summed E-state index contributed by atoms with van der Waals surface area (Å²) >= 11 is 5.98. The molecule has 0 aromatic heterocycles. The van der Waals surface area contributed by atoms with E-state index in [4.69, 9.17) is 22.4 Å². The molecule has 5 nitrogen and oxygen atoms in total. The van der Waals surface area contributed by atoms with E-state index in [9.17, 15) is 9.59 Å². The van der Waals surface area contributed by atoms with Crippen molar-refractivity contribution >= 4 is 34.9 Å². The van der Waals surface area contributed by atoms with Crippen molar-refractivity contribution in [3.8, 4) is 0 Å². The van der Waals surface area contributed by atoms with E-state index >= 15 is 0 Å². The van der Waals surface area contributed by atoms with Crippen LogP contribution in [-0.4, -0.2) is 17.0 Å². The largest absolute Gasteiger partial charge is 0.478 e. The van der Waals surface area contributed by atoms with Gasteiger partial charge in [0.1, 0.15) is 0 Å². The lowest BCUT2D eigenvalue weighted by Crippen LogP contribution is -2.13. The first-order chi connectivity index (χ1) is 9.88. The van der Waals surface area contributed by atoms with E-state index in [-0.39, 0.29) is 17.2 Å². The predicted octanol–water partition coefficient (Wildman–Crippen LogP) is 3.18. The Balaban J connectivity index is 2.23. The van der Waals surface area contributed by atoms with Crippen molar-refractivity contribution in [3.05, 3.63) is 58.1 Å². The van der Waals surface area contributed by atoms with Crippen LogP contribution in [0, 0.1) is 6.92 Å². The molecule has 21 heavy (non-hydrogen) atoms. The second-order valence-corrected chi connectivity index (χ2v) is 4.93. The Morgan fingerprint density at radius 3 is 2.38 bits per heavy atom. The number of carbonyl (C=O) groups excluding carboxylic acids is 1. The Morgan fingerprint density at radius 2 is 1.81 bits per heavy atom. The third kappa shape index (κ3) is 3.32. The number of anilines is 2. The molecular formula is C15H13ClN2O3. The van der Waals surface area contributed by atoms with Gasteiger partial charge in [-0.3, -0.25) is 4.79 Å². The lowest BCUT2D eigenvalue weighted by atomic mass is 10.1. The molecular weight excluding hydrogens is 292 g/mol. The normalized spacial score (nSPS) is 10.2. The molecule has 0 unspecified atom stereocenters. The molecule has 4 N–H and O–H groups in total. The van der Waals surface area contributed by atoms with Gasteiger partial charge in [0.15, 0.2) is 0 Å². The number of carbonyl (C=O) groups is 2. The standard InChI is InChI=1S/C15H13ClN2O3/c1-8-2-3-9(6-11(8)16)14(19)18-13-5-4-10(15(20)21)7-12(13)17/h2-7H,17H2,1H3,(H,18,19)(H,20,21). The molecule has 2 aromatic carbocycles. The summed E-state index contributed by atoms with van der Waals surface area (Å²) in [6.45, 7) is 1.84. The van der Waals surface area contributed by atoms with E-state index in [0.717, 1.165) is 5.56 Å². The number of amides is 1. The smallest absolute Gasteiger partial charge is 0.335 e. The van der Waals surface area contributed by atoms with Gasteiger partial charge >= 0.3 is 5.97 Å². The van der Waals surface area contributed by atoms with Crippen LogP contribution in [0.25, 0.3) is 0 Å². The number of rotatable bonds is 3. The van der Waals surface area contributed by atoms with Gasteiger partial charge in [-0.15, -0.1) is 0 Å². The number of nitrogens with two attached hydrogens (primary N) is 1. The van der Waals surface area contributed by atoms with Crippen molar-refractivity contribution in [2.75, 3.05) is 11.1 Å². The van der Waals surface area contributed by atoms with Gasteiger partial charge in [0.2, 0.25) is 0 Å². The van der Waals surface area contributed by atoms with Gasteiger partial charge in [-0.2, -0.15) is 0 Å². The number of hydrogen-bond donors (Lipinski definition) is 3. The minimum atomic E-state index is -1.08. The number of benzene rings is 2. The molecule has 0 aliphatic rings. The molecule has 0 saturated carbocycles. The Morgan fingerprint density at radius 1 is 1.14 bits per heavy atom. The summed E-state index contributed by atoms with van der Waals surface area (Å²) in [6, 6.07) is 9.07. The minimum absolute atomic E-state index is 0.0591. The summed E-state index contributed by atoms with van der Waals surface area (Å²) in [6.07, 6.45) is 0. The van der Waals surface area contributed by atoms with Crippen LogP contribution >= 0.6 is 11.6 Å². The van der Waals surface area contributed by atoms with Crippen LogP contribution in [0.4, 0.5) is 11.4 Å². The van der Waals surface area contributed by atoms with E-state index < -0.39 is 5.97 Å². The fraction of sp³-hybridized carbons (Fsp3) is 0.0667. The lowest BCUT2D eigenvalue weighted by molar-refractivity contribution is 0.0697. The highest BCUT2D eigenvalue weighted by atomic mass is 35.5. The maximum Gasteiger partial charge on any atom is 0.335 e. The summed E-state index contributed by atoms with van der Waals surface area (Å²) in [5, 5.41) is 12.0. The number of aryl methyl sites for hydroxylation is 1. The summed E-state index contributed by atoms with van der Waals surface area (Å²) in [5.41, 5.74) is 7.59. The van der Waals surface area contributed by atoms with E-state index in [1.807, 2.05) is 6.92 Å². The molecule has 2 rings (SSSR count). The molecule has 0 aliphatic carbocycles.